The summed E-state index contributed by atoms with van der Waals surface area (Å²) >= 11 is 0. The summed E-state index contributed by atoms with van der Waals surface area (Å²) in [6.07, 6.45) is 1.10. The molecular formula is C18H14O4. The first-order chi connectivity index (χ1) is 10.5. The van der Waals surface area contributed by atoms with Crippen molar-refractivity contribution in [1.82, 2.24) is 0 Å². The molecule has 0 heterocycles. The molecule has 0 radical (unpaired) electrons. The molecule has 2 aromatic rings. The Morgan fingerprint density at radius 3 is 1.91 bits per heavy atom. The summed E-state index contributed by atoms with van der Waals surface area (Å²) < 4.78 is 5.00. The molecular weight excluding hydrogens is 280 g/mol. The van der Waals surface area contributed by atoms with Gasteiger partial charge in [-0.1, -0.05) is 49.6 Å². The van der Waals surface area contributed by atoms with Crippen LogP contribution in [0.4, 0.5) is 0 Å². The molecule has 4 nitrogen and oxygen atoms in total. The summed E-state index contributed by atoms with van der Waals surface area (Å²) in [4.78, 5) is 22.0. The van der Waals surface area contributed by atoms with E-state index in [-0.39, 0.29) is 5.57 Å². The number of hydrogen-bond acceptors (Lipinski definition) is 3. The van der Waals surface area contributed by atoms with Crippen molar-refractivity contribution in [2.24, 2.45) is 0 Å². The number of rotatable bonds is 5. The minimum Gasteiger partial charge on any atom is -0.478 e. The van der Waals surface area contributed by atoms with Crippen LogP contribution in [0.25, 0.3) is 16.7 Å². The molecule has 0 fully saturated rings. The van der Waals surface area contributed by atoms with E-state index in [0.29, 0.717) is 11.3 Å². The fraction of sp³-hybridized carbons (Fsp3) is 0. The highest BCUT2D eigenvalue weighted by Gasteiger charge is 2.07. The monoisotopic (exact) mass is 294 g/mol. The molecule has 0 bridgehead atoms. The number of carboxylic acid groups (broad SMARTS) is 1. The van der Waals surface area contributed by atoms with E-state index in [4.69, 9.17) is 9.84 Å². The highest BCUT2D eigenvalue weighted by Crippen LogP contribution is 2.24. The van der Waals surface area contributed by atoms with Crippen LogP contribution in [0.3, 0.4) is 0 Å². The van der Waals surface area contributed by atoms with E-state index in [1.807, 2.05) is 24.3 Å². The van der Waals surface area contributed by atoms with Gasteiger partial charge in [0.25, 0.3) is 0 Å². The van der Waals surface area contributed by atoms with E-state index in [2.05, 4.69) is 13.2 Å². The van der Waals surface area contributed by atoms with Gasteiger partial charge in [-0.15, -0.1) is 0 Å². The molecule has 110 valence electrons. The molecule has 22 heavy (non-hydrogen) atoms. The SMILES string of the molecule is C=CC(=O)Oc1ccc(-c2ccc(C(=C)C(=O)O)cc2)cc1. The van der Waals surface area contributed by atoms with Gasteiger partial charge in [-0.25, -0.2) is 9.59 Å². The largest absolute Gasteiger partial charge is 0.478 e. The standard InChI is InChI=1S/C18H14O4/c1-3-17(19)22-16-10-8-15(9-11-16)14-6-4-13(5-7-14)12(2)18(20)21/h3-11H,1-2H2,(H,20,21). The molecule has 0 aliphatic rings. The van der Waals surface area contributed by atoms with Crippen LogP contribution in [-0.4, -0.2) is 17.0 Å². The van der Waals surface area contributed by atoms with Crippen LogP contribution in [0, 0.1) is 0 Å². The van der Waals surface area contributed by atoms with Gasteiger partial charge in [-0.3, -0.25) is 0 Å². The lowest BCUT2D eigenvalue weighted by Crippen LogP contribution is -2.02. The average Bonchev–Trinajstić information content (AvgIpc) is 2.55. The first kappa shape index (κ1) is 15.3. The molecule has 0 aliphatic heterocycles. The van der Waals surface area contributed by atoms with Gasteiger partial charge in [0.05, 0.1) is 5.57 Å². The number of carbonyl (C=O) groups is 2. The molecule has 0 amide bonds. The number of carboxylic acids is 1. The Bertz CT molecular complexity index is 725. The fourth-order valence-electron chi connectivity index (χ4n) is 1.86. The molecule has 2 rings (SSSR count). The summed E-state index contributed by atoms with van der Waals surface area (Å²) in [5, 5.41) is 8.90. The van der Waals surface area contributed by atoms with Crippen molar-refractivity contribution in [3.05, 3.63) is 73.3 Å². The second kappa shape index (κ2) is 6.54. The quantitative estimate of drug-likeness (QED) is 0.520. The van der Waals surface area contributed by atoms with Crippen molar-refractivity contribution in [2.45, 2.75) is 0 Å². The Balaban J connectivity index is 2.18. The van der Waals surface area contributed by atoms with Crippen LogP contribution < -0.4 is 4.74 Å². The Labute approximate surface area is 128 Å². The van der Waals surface area contributed by atoms with E-state index in [1.165, 1.54) is 0 Å². The minimum atomic E-state index is -1.04. The maximum atomic E-state index is 11.1. The van der Waals surface area contributed by atoms with E-state index < -0.39 is 11.9 Å². The Kier molecular flexibility index (Phi) is 4.53. The van der Waals surface area contributed by atoms with Crippen LogP contribution in [0.5, 0.6) is 5.75 Å². The van der Waals surface area contributed by atoms with Gasteiger partial charge in [0.15, 0.2) is 0 Å². The number of benzene rings is 2. The molecule has 2 aromatic carbocycles. The molecule has 0 atom stereocenters. The summed E-state index contributed by atoms with van der Waals surface area (Å²) in [7, 11) is 0. The predicted octanol–water partition coefficient (Wildman–Crippen LogP) is 3.54. The Morgan fingerprint density at radius 1 is 0.955 bits per heavy atom. The molecule has 0 aromatic heterocycles. The van der Waals surface area contributed by atoms with Crippen molar-refractivity contribution in [2.75, 3.05) is 0 Å². The van der Waals surface area contributed by atoms with Gasteiger partial charge < -0.3 is 9.84 Å². The van der Waals surface area contributed by atoms with Crippen LogP contribution >= 0.6 is 0 Å². The average molecular weight is 294 g/mol. The summed E-state index contributed by atoms with van der Waals surface area (Å²) in [6.45, 7) is 6.85. The highest BCUT2D eigenvalue weighted by atomic mass is 16.5. The maximum absolute atomic E-state index is 11.1. The van der Waals surface area contributed by atoms with Crippen LogP contribution in [0.1, 0.15) is 5.56 Å². The Morgan fingerprint density at radius 2 is 1.45 bits per heavy atom. The number of esters is 1. The third-order valence-electron chi connectivity index (χ3n) is 3.06. The number of ether oxygens (including phenoxy) is 1. The van der Waals surface area contributed by atoms with E-state index in [0.717, 1.165) is 17.2 Å². The highest BCUT2D eigenvalue weighted by molar-refractivity contribution is 6.14. The first-order valence-electron chi connectivity index (χ1n) is 6.48. The van der Waals surface area contributed by atoms with Gasteiger partial charge in [-0.05, 0) is 28.8 Å². The zero-order valence-electron chi connectivity index (χ0n) is 11.8. The predicted molar refractivity (Wildman–Crippen MR) is 84.4 cm³/mol. The number of aliphatic carboxylic acids is 1. The number of hydrogen-bond donors (Lipinski definition) is 1. The van der Waals surface area contributed by atoms with E-state index >= 15 is 0 Å². The molecule has 0 aliphatic carbocycles. The van der Waals surface area contributed by atoms with Gasteiger partial charge in [0, 0.05) is 6.08 Å². The van der Waals surface area contributed by atoms with Crippen molar-refractivity contribution >= 4 is 17.5 Å². The van der Waals surface area contributed by atoms with Crippen LogP contribution in [0.15, 0.2) is 67.8 Å². The lowest BCUT2D eigenvalue weighted by molar-refractivity contribution is -0.130. The molecule has 0 saturated heterocycles. The molecule has 0 unspecified atom stereocenters. The van der Waals surface area contributed by atoms with Crippen molar-refractivity contribution in [1.29, 1.82) is 0 Å². The molecule has 0 spiro atoms. The van der Waals surface area contributed by atoms with E-state index in [1.54, 1.807) is 24.3 Å². The fourth-order valence-corrected chi connectivity index (χ4v) is 1.86. The van der Waals surface area contributed by atoms with E-state index in [9.17, 15) is 9.59 Å². The summed E-state index contributed by atoms with van der Waals surface area (Å²) in [5.74, 6) is -1.12. The number of carbonyl (C=O) groups excluding carboxylic acids is 1. The normalized spacial score (nSPS) is 9.82. The molecule has 1 N–H and O–H groups in total. The van der Waals surface area contributed by atoms with Crippen molar-refractivity contribution in [3.63, 3.8) is 0 Å². The summed E-state index contributed by atoms with van der Waals surface area (Å²) in [5.41, 5.74) is 2.46. The van der Waals surface area contributed by atoms with Crippen molar-refractivity contribution in [3.8, 4) is 16.9 Å². The van der Waals surface area contributed by atoms with Gasteiger partial charge in [0.2, 0.25) is 0 Å². The lowest BCUT2D eigenvalue weighted by Gasteiger charge is -2.06. The third kappa shape index (κ3) is 3.49. The molecule has 4 heteroatoms. The third-order valence-corrected chi connectivity index (χ3v) is 3.06. The van der Waals surface area contributed by atoms with Gasteiger partial charge >= 0.3 is 11.9 Å². The second-order valence-electron chi connectivity index (χ2n) is 4.51. The van der Waals surface area contributed by atoms with Crippen LogP contribution in [0.2, 0.25) is 0 Å². The van der Waals surface area contributed by atoms with Gasteiger partial charge in [0.1, 0.15) is 5.75 Å². The first-order valence-corrected chi connectivity index (χ1v) is 6.48. The zero-order chi connectivity index (χ0) is 16.1. The lowest BCUT2D eigenvalue weighted by atomic mass is 10.0. The van der Waals surface area contributed by atoms with Gasteiger partial charge in [-0.2, -0.15) is 0 Å². The van der Waals surface area contributed by atoms with Crippen molar-refractivity contribution < 1.29 is 19.4 Å². The topological polar surface area (TPSA) is 63.6 Å². The van der Waals surface area contributed by atoms with Crippen LogP contribution in [-0.2, 0) is 9.59 Å². The maximum Gasteiger partial charge on any atom is 0.335 e. The molecule has 0 saturated carbocycles. The minimum absolute atomic E-state index is 0.0539. The second-order valence-corrected chi connectivity index (χ2v) is 4.51. The zero-order valence-corrected chi connectivity index (χ0v) is 11.8. The summed E-state index contributed by atoms with van der Waals surface area (Å²) in [6, 6.07) is 14.0. The smallest absolute Gasteiger partial charge is 0.335 e. The Hall–Kier alpha value is -3.14.